The molecule has 2 fully saturated rings. The zero-order valence-electron chi connectivity index (χ0n) is 17.4. The zero-order valence-corrected chi connectivity index (χ0v) is 18.2. The van der Waals surface area contributed by atoms with Gasteiger partial charge in [-0.05, 0) is 57.2 Å². The molecular weight excluding hydrogens is 404 g/mol. The molecule has 2 aliphatic rings. The third-order valence-corrected chi connectivity index (χ3v) is 5.79. The highest BCUT2D eigenvalue weighted by atomic mass is 35.5. The van der Waals surface area contributed by atoms with Gasteiger partial charge in [-0.2, -0.15) is 5.10 Å². The molecule has 2 heterocycles. The predicted molar refractivity (Wildman–Crippen MR) is 118 cm³/mol. The van der Waals surface area contributed by atoms with E-state index in [2.05, 4.69) is 15.7 Å². The molecule has 1 amide bonds. The van der Waals surface area contributed by atoms with Gasteiger partial charge in [0.05, 0.1) is 19.3 Å². The number of ether oxygens (including phenoxy) is 2. The molecule has 1 aliphatic heterocycles. The molecule has 1 unspecified atom stereocenters. The van der Waals surface area contributed by atoms with Crippen molar-refractivity contribution in [1.82, 2.24) is 20.4 Å². The second-order valence-electron chi connectivity index (χ2n) is 7.84. The van der Waals surface area contributed by atoms with E-state index >= 15 is 0 Å². The molecule has 1 aromatic carbocycles. The smallest absolute Gasteiger partial charge is 0.272 e. The summed E-state index contributed by atoms with van der Waals surface area (Å²) >= 11 is 0. The number of para-hydroxylation sites is 1. The van der Waals surface area contributed by atoms with E-state index in [1.54, 1.807) is 13.2 Å². The normalized spacial score (nSPS) is 19.2. The number of benzene rings is 1. The van der Waals surface area contributed by atoms with Crippen LogP contribution in [0.1, 0.15) is 60.6 Å². The number of methoxy groups -OCH3 is 1. The molecule has 7 nitrogen and oxygen atoms in total. The molecule has 1 aliphatic carbocycles. The number of carbonyl (C=O) groups excluding carboxylic acids is 1. The van der Waals surface area contributed by atoms with Crippen LogP contribution in [0.2, 0.25) is 0 Å². The molecule has 1 atom stereocenters. The number of halogens is 1. The Kier molecular flexibility index (Phi) is 7.99. The molecule has 0 radical (unpaired) electrons. The minimum Gasteiger partial charge on any atom is -0.493 e. The van der Waals surface area contributed by atoms with E-state index in [-0.39, 0.29) is 24.4 Å². The fraction of sp³-hybridized carbons (Fsp3) is 0.545. The topological polar surface area (TPSA) is 77.4 Å². The summed E-state index contributed by atoms with van der Waals surface area (Å²) in [6.07, 6.45) is 8.87. The van der Waals surface area contributed by atoms with Crippen LogP contribution in [0.5, 0.6) is 11.5 Å². The van der Waals surface area contributed by atoms with Crippen LogP contribution >= 0.6 is 12.4 Å². The summed E-state index contributed by atoms with van der Waals surface area (Å²) in [4.78, 5) is 12.6. The highest BCUT2D eigenvalue weighted by Gasteiger charge is 2.21. The molecule has 8 heteroatoms. The lowest BCUT2D eigenvalue weighted by Crippen LogP contribution is -2.32. The Morgan fingerprint density at radius 1 is 1.23 bits per heavy atom. The maximum Gasteiger partial charge on any atom is 0.272 e. The fourth-order valence-electron chi connectivity index (χ4n) is 4.16. The van der Waals surface area contributed by atoms with E-state index in [1.807, 2.05) is 29.1 Å². The Bertz CT molecular complexity index is 830. The maximum absolute atomic E-state index is 12.6. The molecule has 4 rings (SSSR count). The quantitative estimate of drug-likeness (QED) is 0.697. The number of rotatable bonds is 7. The maximum atomic E-state index is 12.6. The summed E-state index contributed by atoms with van der Waals surface area (Å²) < 4.78 is 13.6. The first-order valence-corrected chi connectivity index (χ1v) is 10.6. The van der Waals surface area contributed by atoms with Gasteiger partial charge in [0.1, 0.15) is 5.69 Å². The Balaban J connectivity index is 0.00000256. The van der Waals surface area contributed by atoms with Crippen LogP contribution in [0.15, 0.2) is 30.5 Å². The van der Waals surface area contributed by atoms with Gasteiger partial charge in [0.15, 0.2) is 11.5 Å². The number of piperidine rings is 1. The molecule has 1 saturated heterocycles. The van der Waals surface area contributed by atoms with Gasteiger partial charge >= 0.3 is 0 Å². The lowest BCUT2D eigenvalue weighted by molar-refractivity contribution is 0.0944. The minimum atomic E-state index is -0.179. The molecule has 2 aromatic rings. The van der Waals surface area contributed by atoms with Gasteiger partial charge < -0.3 is 20.1 Å². The Morgan fingerprint density at radius 2 is 2.07 bits per heavy atom. The van der Waals surface area contributed by atoms with Crippen LogP contribution in [0.25, 0.3) is 0 Å². The highest BCUT2D eigenvalue weighted by molar-refractivity contribution is 5.92. The van der Waals surface area contributed by atoms with Crippen LogP contribution in [0, 0.1) is 0 Å². The van der Waals surface area contributed by atoms with Crippen molar-refractivity contribution in [2.75, 3.05) is 20.2 Å². The molecule has 1 aromatic heterocycles. The number of aromatic nitrogens is 2. The van der Waals surface area contributed by atoms with E-state index in [9.17, 15) is 4.79 Å². The van der Waals surface area contributed by atoms with E-state index in [0.29, 0.717) is 24.0 Å². The van der Waals surface area contributed by atoms with Crippen molar-refractivity contribution in [1.29, 1.82) is 0 Å². The summed E-state index contributed by atoms with van der Waals surface area (Å²) in [5, 5.41) is 10.9. The van der Waals surface area contributed by atoms with Crippen molar-refractivity contribution >= 4 is 18.3 Å². The van der Waals surface area contributed by atoms with Gasteiger partial charge in [-0.1, -0.05) is 12.1 Å². The third-order valence-electron chi connectivity index (χ3n) is 5.79. The zero-order chi connectivity index (χ0) is 20.1. The Labute approximate surface area is 183 Å². The van der Waals surface area contributed by atoms with Gasteiger partial charge in [-0.15, -0.1) is 12.4 Å². The largest absolute Gasteiger partial charge is 0.493 e. The Morgan fingerprint density at radius 3 is 2.80 bits per heavy atom. The second kappa shape index (κ2) is 10.7. The van der Waals surface area contributed by atoms with E-state index in [4.69, 9.17) is 9.47 Å². The van der Waals surface area contributed by atoms with Crippen LogP contribution in [-0.4, -0.2) is 42.0 Å². The summed E-state index contributed by atoms with van der Waals surface area (Å²) in [5.74, 6) is 1.26. The molecule has 30 heavy (non-hydrogen) atoms. The van der Waals surface area contributed by atoms with Crippen LogP contribution in [-0.2, 0) is 6.54 Å². The van der Waals surface area contributed by atoms with Gasteiger partial charge in [-0.25, -0.2) is 0 Å². The summed E-state index contributed by atoms with van der Waals surface area (Å²) in [6.45, 7) is 2.32. The standard InChI is InChI=1S/C22H30N4O3.ClH/c1-28-20-10-4-6-16(21(20)29-18-8-2-3-9-18)14-24-22(27)19-11-13-26(25-19)17-7-5-12-23-15-17;/h4,6,10-11,13,17-18,23H,2-3,5,7-9,12,14-15H2,1H3,(H,24,27);1H. The highest BCUT2D eigenvalue weighted by Crippen LogP contribution is 2.34. The van der Waals surface area contributed by atoms with Gasteiger partial charge in [0.2, 0.25) is 0 Å². The van der Waals surface area contributed by atoms with Crippen molar-refractivity contribution in [3.63, 3.8) is 0 Å². The molecule has 164 valence electrons. The van der Waals surface area contributed by atoms with Crippen molar-refractivity contribution < 1.29 is 14.3 Å². The predicted octanol–water partition coefficient (Wildman–Crippen LogP) is 3.49. The summed E-state index contributed by atoms with van der Waals surface area (Å²) in [6, 6.07) is 7.89. The van der Waals surface area contributed by atoms with E-state index < -0.39 is 0 Å². The summed E-state index contributed by atoms with van der Waals surface area (Å²) in [5.41, 5.74) is 1.36. The van der Waals surface area contributed by atoms with Crippen molar-refractivity contribution in [2.45, 2.75) is 57.2 Å². The molecular formula is C22H31ClN4O3. The third kappa shape index (κ3) is 5.26. The fourth-order valence-corrected chi connectivity index (χ4v) is 4.16. The minimum absolute atomic E-state index is 0. The van der Waals surface area contributed by atoms with Crippen LogP contribution in [0.4, 0.5) is 0 Å². The number of nitrogens with one attached hydrogen (secondary N) is 2. The van der Waals surface area contributed by atoms with Crippen LogP contribution in [0.3, 0.4) is 0 Å². The monoisotopic (exact) mass is 434 g/mol. The number of hydrogen-bond donors (Lipinski definition) is 2. The average Bonchev–Trinajstić information content (AvgIpc) is 3.45. The van der Waals surface area contributed by atoms with Gasteiger partial charge in [-0.3, -0.25) is 9.48 Å². The summed E-state index contributed by atoms with van der Waals surface area (Å²) in [7, 11) is 1.64. The lowest BCUT2D eigenvalue weighted by Gasteiger charge is -2.22. The first-order valence-electron chi connectivity index (χ1n) is 10.6. The number of carbonyl (C=O) groups is 1. The first-order chi connectivity index (χ1) is 14.2. The molecule has 0 bridgehead atoms. The van der Waals surface area contributed by atoms with Crippen molar-refractivity contribution in [3.05, 3.63) is 41.7 Å². The SMILES string of the molecule is COc1cccc(CNC(=O)c2ccn(C3CCCNC3)n2)c1OC1CCCC1.Cl. The van der Waals surface area contributed by atoms with E-state index in [0.717, 1.165) is 50.1 Å². The number of amides is 1. The molecule has 0 spiro atoms. The van der Waals surface area contributed by atoms with Gasteiger partial charge in [0, 0.05) is 24.8 Å². The van der Waals surface area contributed by atoms with Crippen LogP contribution < -0.4 is 20.1 Å². The number of nitrogens with zero attached hydrogens (tertiary/aromatic N) is 2. The van der Waals surface area contributed by atoms with Gasteiger partial charge in [0.25, 0.3) is 5.91 Å². The average molecular weight is 435 g/mol. The van der Waals surface area contributed by atoms with Crippen molar-refractivity contribution in [2.24, 2.45) is 0 Å². The van der Waals surface area contributed by atoms with Crippen molar-refractivity contribution in [3.8, 4) is 11.5 Å². The Hall–Kier alpha value is -2.25. The number of hydrogen-bond acceptors (Lipinski definition) is 5. The molecule has 1 saturated carbocycles. The molecule has 2 N–H and O–H groups in total. The lowest BCUT2D eigenvalue weighted by atomic mass is 10.1. The first kappa shape index (κ1) is 22.4. The van der Waals surface area contributed by atoms with E-state index in [1.165, 1.54) is 12.8 Å². The second-order valence-corrected chi connectivity index (χ2v) is 7.84.